The van der Waals surface area contributed by atoms with Crippen LogP contribution in [0, 0.1) is 23.7 Å². The maximum absolute atomic E-state index is 14.9. The van der Waals surface area contributed by atoms with Gasteiger partial charge in [0.1, 0.15) is 28.9 Å². The van der Waals surface area contributed by atoms with E-state index in [4.69, 9.17) is 28.9 Å². The zero-order chi connectivity index (χ0) is 44.1. The van der Waals surface area contributed by atoms with E-state index >= 15 is 0 Å². The van der Waals surface area contributed by atoms with Crippen molar-refractivity contribution >= 4 is 23.4 Å². The molecule has 0 radical (unpaired) electrons. The highest BCUT2D eigenvalue weighted by Crippen LogP contribution is 2.62. The number of nitrogens with zero attached hydrogens (tertiary/aromatic N) is 2. The van der Waals surface area contributed by atoms with Crippen molar-refractivity contribution in [3.8, 4) is 17.2 Å². The number of aliphatic hydroxyl groups excluding tert-OH is 3. The lowest BCUT2D eigenvalue weighted by atomic mass is 9.55. The number of allylic oxidation sites excluding steroid dienone is 1. The van der Waals surface area contributed by atoms with Crippen LogP contribution in [0.5, 0.6) is 17.2 Å². The fraction of sp³-hybridized carbons (Fsp3) is 0.640. The van der Waals surface area contributed by atoms with Crippen molar-refractivity contribution in [2.24, 2.45) is 28.8 Å². The summed E-state index contributed by atoms with van der Waals surface area (Å²) < 4.78 is 27.0. The minimum absolute atomic E-state index is 0.0129. The number of hydrogen-bond acceptors (Lipinski definition) is 11. The molecule has 1 aliphatic heterocycles. The summed E-state index contributed by atoms with van der Waals surface area (Å²) in [7, 11) is 0. The number of hydrogen-bond donors (Lipinski definition) is 3. The van der Waals surface area contributed by atoms with E-state index in [-0.39, 0.29) is 69.8 Å². The third-order valence-corrected chi connectivity index (χ3v) is 13.8. The first-order chi connectivity index (χ1) is 30.0. The Labute approximate surface area is 374 Å². The lowest BCUT2D eigenvalue weighted by molar-refractivity contribution is -0.258. The van der Waals surface area contributed by atoms with Gasteiger partial charge in [-0.25, -0.2) is 0 Å². The second kappa shape index (κ2) is 23.0. The minimum atomic E-state index is -1.36. The molecule has 0 spiro atoms. The molecule has 0 unspecified atom stereocenters. The van der Waals surface area contributed by atoms with Gasteiger partial charge in [0.25, 0.3) is 0 Å². The summed E-state index contributed by atoms with van der Waals surface area (Å²) in [5.74, 6) is 0.865. The van der Waals surface area contributed by atoms with Crippen LogP contribution in [0.2, 0.25) is 0 Å². The number of ether oxygens (including phenoxy) is 4. The van der Waals surface area contributed by atoms with Crippen LogP contribution >= 0.6 is 11.8 Å². The first kappa shape index (κ1) is 48.1. The average molecular weight is 877 g/mol. The number of carbonyl (C=O) groups excluding carboxylic acids is 1. The van der Waals surface area contributed by atoms with E-state index < -0.39 is 23.3 Å². The predicted molar refractivity (Wildman–Crippen MR) is 245 cm³/mol. The summed E-state index contributed by atoms with van der Waals surface area (Å²) in [6.45, 7) is 11.0. The number of benzene rings is 2. The van der Waals surface area contributed by atoms with Gasteiger partial charge in [-0.1, -0.05) is 55.8 Å². The van der Waals surface area contributed by atoms with Crippen LogP contribution in [0.15, 0.2) is 76.8 Å². The topological polar surface area (TPSA) is 140 Å². The Morgan fingerprint density at radius 3 is 2.37 bits per heavy atom. The van der Waals surface area contributed by atoms with Gasteiger partial charge >= 0.3 is 0 Å². The summed E-state index contributed by atoms with van der Waals surface area (Å²) >= 11 is 1.68. The molecule has 342 valence electrons. The van der Waals surface area contributed by atoms with Crippen LogP contribution in [0.25, 0.3) is 0 Å². The van der Waals surface area contributed by atoms with Gasteiger partial charge in [-0.2, -0.15) is 0 Å². The highest BCUT2D eigenvalue weighted by atomic mass is 32.2. The molecule has 62 heavy (non-hydrogen) atoms. The van der Waals surface area contributed by atoms with Crippen LogP contribution in [0.3, 0.4) is 0 Å². The molecule has 0 aromatic heterocycles. The van der Waals surface area contributed by atoms with Gasteiger partial charge in [-0.15, -0.1) is 18.3 Å². The number of amides is 1. The van der Waals surface area contributed by atoms with Crippen LogP contribution in [-0.2, 0) is 19.1 Å². The largest absolute Gasteiger partial charge is 0.459 e. The highest BCUT2D eigenvalue weighted by Gasteiger charge is 2.65. The Hall–Kier alpha value is -3.39. The van der Waals surface area contributed by atoms with E-state index in [1.165, 1.54) is 12.8 Å². The maximum atomic E-state index is 14.9. The van der Waals surface area contributed by atoms with Crippen LogP contribution < -0.4 is 9.47 Å². The molecule has 2 aromatic rings. The van der Waals surface area contributed by atoms with Crippen molar-refractivity contribution in [2.45, 2.75) is 132 Å². The first-order valence-corrected chi connectivity index (χ1v) is 24.3. The molecule has 0 bridgehead atoms. The third-order valence-electron chi connectivity index (χ3n) is 13.0. The number of oxime groups is 1. The maximum Gasteiger partial charge on any atom is 0.239 e. The molecule has 0 saturated heterocycles. The van der Waals surface area contributed by atoms with Crippen molar-refractivity contribution in [1.29, 1.82) is 0 Å². The average Bonchev–Trinajstić information content (AvgIpc) is 3.79. The fourth-order valence-electron chi connectivity index (χ4n) is 10.2. The van der Waals surface area contributed by atoms with Crippen molar-refractivity contribution in [1.82, 2.24) is 4.90 Å². The normalized spacial score (nSPS) is 25.1. The van der Waals surface area contributed by atoms with Crippen molar-refractivity contribution in [3.05, 3.63) is 72.3 Å². The van der Waals surface area contributed by atoms with Crippen molar-refractivity contribution in [3.63, 3.8) is 0 Å². The molecule has 1 amide bonds. The number of carbonyl (C=O) groups is 1. The second-order valence-corrected chi connectivity index (χ2v) is 19.2. The Balaban J connectivity index is 1.56. The summed E-state index contributed by atoms with van der Waals surface area (Å²) in [5.41, 5.74) is 2.17. The number of aliphatic hydroxyl groups is 3. The molecule has 2 aromatic carbocycles. The van der Waals surface area contributed by atoms with Gasteiger partial charge in [0, 0.05) is 49.0 Å². The van der Waals surface area contributed by atoms with E-state index in [1.54, 1.807) is 17.8 Å². The van der Waals surface area contributed by atoms with E-state index in [1.807, 2.05) is 49.9 Å². The van der Waals surface area contributed by atoms with E-state index in [0.717, 1.165) is 72.4 Å². The lowest BCUT2D eigenvalue weighted by Crippen LogP contribution is -2.70. The smallest absolute Gasteiger partial charge is 0.239 e. The highest BCUT2D eigenvalue weighted by molar-refractivity contribution is 7.98. The Morgan fingerprint density at radius 1 is 0.968 bits per heavy atom. The van der Waals surface area contributed by atoms with Crippen molar-refractivity contribution < 1.29 is 43.9 Å². The first-order valence-electron chi connectivity index (χ1n) is 23.1. The van der Waals surface area contributed by atoms with Gasteiger partial charge in [0.15, 0.2) is 0 Å². The van der Waals surface area contributed by atoms with Crippen LogP contribution in [-0.4, -0.2) is 102 Å². The quantitative estimate of drug-likeness (QED) is 0.0405. The lowest BCUT2D eigenvalue weighted by Gasteiger charge is -2.60. The monoisotopic (exact) mass is 876 g/mol. The molecule has 11 nitrogen and oxygen atoms in total. The molecule has 1 heterocycles. The SMILES string of the molecule is C=CCO[C@@]12Oc3ccc(Oc4ccc(SC)cc4)cc3[C@H]3[C@H](CCCCO)[C@@H](CCCCO)C=C(C(=NOC(C)(C)C)C[C@@H]1N(CCOCCO)C(=O)CCC1CCCC1)[C@H]32. The molecule has 12 heteroatoms. The molecule has 6 atom stereocenters. The van der Waals surface area contributed by atoms with E-state index in [0.29, 0.717) is 43.1 Å². The number of unbranched alkanes of at least 4 members (excludes halogenated alkanes) is 2. The number of fused-ring (bicyclic) bond motifs is 2. The summed E-state index contributed by atoms with van der Waals surface area (Å²) in [5, 5.41) is 34.5. The second-order valence-electron chi connectivity index (χ2n) is 18.4. The van der Waals surface area contributed by atoms with E-state index in [2.05, 4.69) is 37.1 Å². The van der Waals surface area contributed by atoms with Gasteiger partial charge in [-0.3, -0.25) is 4.79 Å². The van der Waals surface area contributed by atoms with Crippen molar-refractivity contribution in [2.75, 3.05) is 52.4 Å². The third kappa shape index (κ3) is 11.8. The molecule has 6 rings (SSSR count). The zero-order valence-electron chi connectivity index (χ0n) is 37.6. The van der Waals surface area contributed by atoms with Gasteiger partial charge in [-0.05, 0) is 125 Å². The molecule has 3 N–H and O–H groups in total. The van der Waals surface area contributed by atoms with Gasteiger partial charge in [0.05, 0.1) is 38.1 Å². The standard InChI is InChI=1S/C50H72N2O9S/c1-6-29-58-50-45(52(25-30-57-31-28-55)46(56)24-17-35-13-7-8-14-35)34-43(51-61-49(2,3)4)41-32-36(15-9-11-26-53)40(16-10-12-27-54)47(48(41)50)42-33-38(20-23-44(42)60-50)59-37-18-21-39(62-5)22-19-37/h6,18-23,32-33,35-36,40,45,47-48,53-55H,1,7-17,24-31,34H2,2-5H3/t36-,40+,45-,47+,48+,50+/m0/s1. The van der Waals surface area contributed by atoms with Crippen LogP contribution in [0.4, 0.5) is 0 Å². The minimum Gasteiger partial charge on any atom is -0.459 e. The Morgan fingerprint density at radius 2 is 1.69 bits per heavy atom. The van der Waals surface area contributed by atoms with Crippen LogP contribution in [0.1, 0.15) is 116 Å². The molecule has 3 aliphatic carbocycles. The number of thioether (sulfide) groups is 1. The molecular weight excluding hydrogens is 805 g/mol. The molecule has 2 saturated carbocycles. The summed E-state index contributed by atoms with van der Waals surface area (Å²) in [6.07, 6.45) is 17.1. The zero-order valence-corrected chi connectivity index (χ0v) is 38.4. The number of rotatable bonds is 24. The summed E-state index contributed by atoms with van der Waals surface area (Å²) in [6, 6.07) is 13.5. The van der Waals surface area contributed by atoms with Gasteiger partial charge in [0.2, 0.25) is 11.7 Å². The fourth-order valence-corrected chi connectivity index (χ4v) is 10.6. The molecular formula is C50H72N2O9S. The Kier molecular flexibility index (Phi) is 17.8. The predicted octanol–water partition coefficient (Wildman–Crippen LogP) is 9.44. The molecule has 2 fully saturated rings. The molecule has 4 aliphatic rings. The van der Waals surface area contributed by atoms with Gasteiger partial charge < -0.3 is 44.0 Å². The van der Waals surface area contributed by atoms with E-state index in [9.17, 15) is 20.1 Å². The Bertz CT molecular complexity index is 1810. The summed E-state index contributed by atoms with van der Waals surface area (Å²) in [4.78, 5) is 24.3.